The van der Waals surface area contributed by atoms with Gasteiger partial charge in [-0.3, -0.25) is 0 Å². The summed E-state index contributed by atoms with van der Waals surface area (Å²) in [6.45, 7) is -0.114. The zero-order chi connectivity index (χ0) is 7.45. The molecule has 1 radical (unpaired) electrons. The molecule has 1 heterocycles. The van der Waals surface area contributed by atoms with Crippen LogP contribution in [0.25, 0.3) is 0 Å². The Kier molecular flexibility index (Phi) is 2.03. The lowest BCUT2D eigenvalue weighted by Crippen LogP contribution is -2.11. The third-order valence-electron chi connectivity index (χ3n) is 1.56. The molecule has 0 aliphatic carbocycles. The molecule has 0 atom stereocenters. The Balaban J connectivity index is 2.19. The van der Waals surface area contributed by atoms with Crippen LogP contribution in [-0.2, 0) is 5.11 Å². The Morgan fingerprint density at radius 2 is 2.10 bits per heavy atom. The van der Waals surface area contributed by atoms with E-state index in [9.17, 15) is 5.11 Å². The van der Waals surface area contributed by atoms with Gasteiger partial charge in [0, 0.05) is 19.3 Å². The molecule has 0 aromatic heterocycles. The van der Waals surface area contributed by atoms with Crippen LogP contribution in [0.4, 0.5) is 0 Å². The first kappa shape index (κ1) is 7.23. The number of hydrogen-bond donors (Lipinski definition) is 0. The molecule has 0 saturated heterocycles. The topological polar surface area (TPSA) is 44.6 Å². The van der Waals surface area contributed by atoms with E-state index in [1.807, 2.05) is 0 Å². The van der Waals surface area contributed by atoms with Gasteiger partial charge < -0.3 is 0 Å². The second kappa shape index (κ2) is 2.80. The van der Waals surface area contributed by atoms with Crippen molar-refractivity contribution in [3.63, 3.8) is 0 Å². The van der Waals surface area contributed by atoms with Gasteiger partial charge in [0.2, 0.25) is 0 Å². The predicted molar refractivity (Wildman–Crippen MR) is 35.8 cm³/mol. The smallest absolute Gasteiger partial charge is 0.194 e. The van der Waals surface area contributed by atoms with Gasteiger partial charge in [-0.1, -0.05) is 0 Å². The Morgan fingerprint density at radius 3 is 2.50 bits per heavy atom. The Morgan fingerprint density at radius 1 is 1.40 bits per heavy atom. The van der Waals surface area contributed by atoms with Crippen molar-refractivity contribution in [1.82, 2.24) is 0 Å². The zero-order valence-corrected chi connectivity index (χ0v) is 5.71. The number of nitrogens with zero attached hydrogens (tertiary/aromatic N) is 2. The molecule has 53 valence electrons. The van der Waals surface area contributed by atoms with Crippen LogP contribution in [0, 0.1) is 12.3 Å². The van der Waals surface area contributed by atoms with Crippen molar-refractivity contribution in [1.29, 1.82) is 0 Å². The molecule has 1 aliphatic heterocycles. The van der Waals surface area contributed by atoms with Crippen LogP contribution >= 0.6 is 0 Å². The summed E-state index contributed by atoms with van der Waals surface area (Å²) < 4.78 is 0. The van der Waals surface area contributed by atoms with Gasteiger partial charge in [-0.05, 0) is 0 Å². The average Bonchev–Trinajstić information content (AvgIpc) is 2.67. The molecule has 0 N–H and O–H groups in total. The van der Waals surface area contributed by atoms with Crippen molar-refractivity contribution in [3.8, 4) is 12.3 Å². The highest BCUT2D eigenvalue weighted by atomic mass is 16.3. The van der Waals surface area contributed by atoms with E-state index in [1.54, 1.807) is 0 Å². The molecule has 0 spiro atoms. The van der Waals surface area contributed by atoms with E-state index in [2.05, 4.69) is 16.1 Å². The molecule has 1 rings (SSSR count). The van der Waals surface area contributed by atoms with Gasteiger partial charge in [-0.2, -0.15) is 10.2 Å². The first-order valence-electron chi connectivity index (χ1n) is 3.29. The van der Waals surface area contributed by atoms with E-state index in [-0.39, 0.29) is 12.3 Å². The largest absolute Gasteiger partial charge is 0.237 e. The highest BCUT2D eigenvalue weighted by Gasteiger charge is 2.38. The molecule has 3 heteroatoms. The summed E-state index contributed by atoms with van der Waals surface area (Å²) in [5.74, 6) is 2.50. The fourth-order valence-corrected chi connectivity index (χ4v) is 0.832. The molecule has 0 unspecified atom stereocenters. The SMILES string of the molecule is C#CCCC1(CC[O])N=N1. The van der Waals surface area contributed by atoms with Crippen molar-refractivity contribution in [2.75, 3.05) is 6.61 Å². The van der Waals surface area contributed by atoms with Gasteiger partial charge in [-0.25, -0.2) is 5.11 Å². The van der Waals surface area contributed by atoms with Gasteiger partial charge in [0.1, 0.15) is 0 Å². The first-order valence-corrected chi connectivity index (χ1v) is 3.29. The van der Waals surface area contributed by atoms with Gasteiger partial charge in [0.15, 0.2) is 5.66 Å². The quantitative estimate of drug-likeness (QED) is 0.525. The minimum atomic E-state index is -0.353. The molecular weight excluding hydrogens is 128 g/mol. The van der Waals surface area contributed by atoms with E-state index < -0.39 is 0 Å². The van der Waals surface area contributed by atoms with E-state index in [0.29, 0.717) is 12.8 Å². The summed E-state index contributed by atoms with van der Waals surface area (Å²) >= 11 is 0. The van der Waals surface area contributed by atoms with Crippen molar-refractivity contribution in [2.45, 2.75) is 24.9 Å². The lowest BCUT2D eigenvalue weighted by molar-refractivity contribution is 0.174. The van der Waals surface area contributed by atoms with Crippen LogP contribution in [0.3, 0.4) is 0 Å². The van der Waals surface area contributed by atoms with Crippen LogP contribution in [-0.4, -0.2) is 12.3 Å². The molecule has 0 amide bonds. The molecule has 1 aliphatic rings. The van der Waals surface area contributed by atoms with Gasteiger partial charge in [0.25, 0.3) is 0 Å². The summed E-state index contributed by atoms with van der Waals surface area (Å²) in [5, 5.41) is 17.8. The van der Waals surface area contributed by atoms with Crippen LogP contribution in [0.5, 0.6) is 0 Å². The summed E-state index contributed by atoms with van der Waals surface area (Å²) in [6.07, 6.45) is 6.96. The fraction of sp³-hybridized carbons (Fsp3) is 0.714. The van der Waals surface area contributed by atoms with Crippen LogP contribution in [0.15, 0.2) is 10.2 Å². The van der Waals surface area contributed by atoms with E-state index >= 15 is 0 Å². The van der Waals surface area contributed by atoms with Gasteiger partial charge >= 0.3 is 0 Å². The molecule has 0 aromatic carbocycles. The monoisotopic (exact) mass is 137 g/mol. The van der Waals surface area contributed by atoms with Crippen LogP contribution in [0.1, 0.15) is 19.3 Å². The fourth-order valence-electron chi connectivity index (χ4n) is 0.832. The lowest BCUT2D eigenvalue weighted by Gasteiger charge is -2.03. The lowest BCUT2D eigenvalue weighted by atomic mass is 10.1. The van der Waals surface area contributed by atoms with Crippen molar-refractivity contribution >= 4 is 0 Å². The molecule has 3 nitrogen and oxygen atoms in total. The average molecular weight is 137 g/mol. The number of terminal acetylenes is 1. The van der Waals surface area contributed by atoms with E-state index in [1.165, 1.54) is 0 Å². The van der Waals surface area contributed by atoms with Crippen molar-refractivity contribution in [3.05, 3.63) is 0 Å². The molecule has 10 heavy (non-hydrogen) atoms. The standard InChI is InChI=1S/C7H9N2O/c1-2-3-4-7(5-6-10)8-9-7/h1H,3-6H2. The summed E-state index contributed by atoms with van der Waals surface area (Å²) in [6, 6.07) is 0. The maximum Gasteiger partial charge on any atom is 0.194 e. The van der Waals surface area contributed by atoms with Crippen LogP contribution < -0.4 is 0 Å². The van der Waals surface area contributed by atoms with Crippen molar-refractivity contribution < 1.29 is 5.11 Å². The number of hydrogen-bond acceptors (Lipinski definition) is 2. The first-order chi connectivity index (χ1) is 4.83. The maximum absolute atomic E-state index is 10.2. The van der Waals surface area contributed by atoms with Crippen LogP contribution in [0.2, 0.25) is 0 Å². The number of rotatable bonds is 4. The molecule has 0 aromatic rings. The summed E-state index contributed by atoms with van der Waals surface area (Å²) in [7, 11) is 0. The van der Waals surface area contributed by atoms with E-state index in [0.717, 1.165) is 6.42 Å². The highest BCUT2D eigenvalue weighted by Crippen LogP contribution is 2.35. The second-order valence-corrected chi connectivity index (χ2v) is 2.34. The van der Waals surface area contributed by atoms with Crippen molar-refractivity contribution in [2.24, 2.45) is 10.2 Å². The Bertz CT molecular complexity index is 175. The normalized spacial score (nSPS) is 18.4. The minimum absolute atomic E-state index is 0.114. The summed E-state index contributed by atoms with van der Waals surface area (Å²) in [4.78, 5) is 0. The Hall–Kier alpha value is -0.880. The maximum atomic E-state index is 10.2. The molecule has 0 fully saturated rings. The Labute approximate surface area is 60.2 Å². The molecular formula is C7H9N2O. The third kappa shape index (κ3) is 1.55. The summed E-state index contributed by atoms with van der Waals surface area (Å²) in [5.41, 5.74) is -0.353. The zero-order valence-electron chi connectivity index (χ0n) is 5.71. The molecule has 0 bridgehead atoms. The molecule has 0 saturated carbocycles. The highest BCUT2D eigenvalue weighted by molar-refractivity contribution is 4.97. The second-order valence-electron chi connectivity index (χ2n) is 2.34. The predicted octanol–water partition coefficient (Wildman–Crippen LogP) is 1.38. The minimum Gasteiger partial charge on any atom is -0.237 e. The van der Waals surface area contributed by atoms with Gasteiger partial charge in [0.05, 0.1) is 6.61 Å². The van der Waals surface area contributed by atoms with Gasteiger partial charge in [-0.15, -0.1) is 12.3 Å². The third-order valence-corrected chi connectivity index (χ3v) is 1.56. The van der Waals surface area contributed by atoms with E-state index in [4.69, 9.17) is 6.42 Å².